The van der Waals surface area contributed by atoms with E-state index in [1.165, 1.54) is 6.42 Å². The first-order chi connectivity index (χ1) is 8.16. The first-order valence-corrected chi connectivity index (χ1v) is 6.94. The van der Waals surface area contributed by atoms with Crippen molar-refractivity contribution in [2.75, 3.05) is 6.54 Å². The normalized spacial score (nSPS) is 25.2. The van der Waals surface area contributed by atoms with Gasteiger partial charge in [-0.25, -0.2) is 0 Å². The molecule has 0 aromatic carbocycles. The number of nitrogens with zero attached hydrogens (tertiary/aromatic N) is 4. The molecule has 0 radical (unpaired) electrons. The zero-order valence-corrected chi connectivity index (χ0v) is 11.2. The van der Waals surface area contributed by atoms with Gasteiger partial charge in [0.05, 0.1) is 6.04 Å². The summed E-state index contributed by atoms with van der Waals surface area (Å²) in [5, 5.41) is 17.7. The molecule has 2 atom stereocenters. The number of hydrogen-bond donors (Lipinski definition) is 1. The van der Waals surface area contributed by atoms with E-state index >= 15 is 0 Å². The van der Waals surface area contributed by atoms with Gasteiger partial charge in [0.1, 0.15) is 5.01 Å². The van der Waals surface area contributed by atoms with Crippen LogP contribution in [0.15, 0.2) is 0 Å². The molecule has 0 bridgehead atoms. The van der Waals surface area contributed by atoms with Gasteiger partial charge in [0.2, 0.25) is 4.96 Å². The lowest BCUT2D eigenvalue weighted by Gasteiger charge is -2.10. The van der Waals surface area contributed by atoms with Crippen LogP contribution in [0.4, 0.5) is 0 Å². The van der Waals surface area contributed by atoms with Crippen molar-refractivity contribution < 1.29 is 0 Å². The van der Waals surface area contributed by atoms with Crippen molar-refractivity contribution in [2.45, 2.75) is 39.2 Å². The molecule has 3 rings (SSSR count). The standard InChI is InChI=1S/C11H17N5S/c1-6(2)9-13-14-11-16(9)15-10(17-11)8-7(3)4-5-12-8/h6-8,12H,4-5H2,1-3H3. The van der Waals surface area contributed by atoms with Gasteiger partial charge >= 0.3 is 0 Å². The highest BCUT2D eigenvalue weighted by atomic mass is 32.1. The van der Waals surface area contributed by atoms with Crippen LogP contribution in [-0.4, -0.2) is 26.4 Å². The van der Waals surface area contributed by atoms with Gasteiger partial charge in [-0.05, 0) is 18.9 Å². The van der Waals surface area contributed by atoms with Crippen LogP contribution in [0.1, 0.15) is 50.0 Å². The Morgan fingerprint density at radius 1 is 1.41 bits per heavy atom. The van der Waals surface area contributed by atoms with Gasteiger partial charge in [-0.3, -0.25) is 0 Å². The maximum Gasteiger partial charge on any atom is 0.234 e. The minimum absolute atomic E-state index is 0.355. The highest BCUT2D eigenvalue weighted by Crippen LogP contribution is 2.32. The van der Waals surface area contributed by atoms with E-state index in [0.717, 1.165) is 22.3 Å². The minimum Gasteiger partial charge on any atom is -0.308 e. The lowest BCUT2D eigenvalue weighted by Crippen LogP contribution is -2.16. The predicted molar refractivity (Wildman–Crippen MR) is 67.3 cm³/mol. The van der Waals surface area contributed by atoms with E-state index in [1.807, 2.05) is 4.52 Å². The van der Waals surface area contributed by atoms with Crippen LogP contribution < -0.4 is 5.32 Å². The number of hydrogen-bond acceptors (Lipinski definition) is 5. The third kappa shape index (κ3) is 1.75. The summed E-state index contributed by atoms with van der Waals surface area (Å²) < 4.78 is 1.90. The van der Waals surface area contributed by atoms with Crippen LogP contribution >= 0.6 is 11.3 Å². The summed E-state index contributed by atoms with van der Waals surface area (Å²) in [7, 11) is 0. The van der Waals surface area contributed by atoms with Gasteiger partial charge in [0.15, 0.2) is 5.82 Å². The molecule has 3 heterocycles. The fourth-order valence-corrected chi connectivity index (χ4v) is 3.35. The first-order valence-electron chi connectivity index (χ1n) is 6.12. The Hall–Kier alpha value is -1.01. The molecule has 6 heteroatoms. The molecule has 1 N–H and O–H groups in total. The molecule has 0 amide bonds. The van der Waals surface area contributed by atoms with Gasteiger partial charge in [0.25, 0.3) is 0 Å². The average molecular weight is 251 g/mol. The summed E-state index contributed by atoms with van der Waals surface area (Å²) in [6.07, 6.45) is 1.22. The molecule has 2 unspecified atom stereocenters. The van der Waals surface area contributed by atoms with Crippen molar-refractivity contribution in [3.63, 3.8) is 0 Å². The second kappa shape index (κ2) is 4.03. The molecule has 1 aliphatic heterocycles. The smallest absolute Gasteiger partial charge is 0.234 e. The Morgan fingerprint density at radius 2 is 2.24 bits per heavy atom. The highest BCUT2D eigenvalue weighted by Gasteiger charge is 2.28. The van der Waals surface area contributed by atoms with Gasteiger partial charge in [0, 0.05) is 5.92 Å². The second-order valence-corrected chi connectivity index (χ2v) is 6.03. The van der Waals surface area contributed by atoms with Gasteiger partial charge in [-0.2, -0.15) is 9.61 Å². The Morgan fingerprint density at radius 3 is 2.88 bits per heavy atom. The van der Waals surface area contributed by atoms with Crippen molar-refractivity contribution in [3.05, 3.63) is 10.8 Å². The summed E-state index contributed by atoms with van der Waals surface area (Å²) in [6.45, 7) is 7.59. The number of aromatic nitrogens is 4. The third-order valence-corrected chi connectivity index (χ3v) is 4.33. The fourth-order valence-electron chi connectivity index (χ4n) is 2.30. The van der Waals surface area contributed by atoms with Gasteiger partial charge < -0.3 is 5.32 Å². The summed E-state index contributed by atoms with van der Waals surface area (Å²) in [5.74, 6) is 1.96. The number of fused-ring (bicyclic) bond motifs is 1. The fraction of sp³-hybridized carbons (Fsp3) is 0.727. The van der Waals surface area contributed by atoms with Crippen LogP contribution in [0, 0.1) is 5.92 Å². The van der Waals surface area contributed by atoms with Gasteiger partial charge in [-0.1, -0.05) is 32.1 Å². The quantitative estimate of drug-likeness (QED) is 0.886. The van der Waals surface area contributed by atoms with Crippen LogP contribution in [-0.2, 0) is 0 Å². The topological polar surface area (TPSA) is 55.1 Å². The monoisotopic (exact) mass is 251 g/mol. The highest BCUT2D eigenvalue weighted by molar-refractivity contribution is 7.16. The number of rotatable bonds is 2. The predicted octanol–water partition coefficient (Wildman–Crippen LogP) is 1.98. The Labute approximate surface area is 104 Å². The van der Waals surface area contributed by atoms with E-state index in [4.69, 9.17) is 0 Å². The van der Waals surface area contributed by atoms with Crippen molar-refractivity contribution in [3.8, 4) is 0 Å². The maximum absolute atomic E-state index is 4.67. The zero-order chi connectivity index (χ0) is 12.0. The Kier molecular flexibility index (Phi) is 2.63. The molecule has 92 valence electrons. The van der Waals surface area contributed by atoms with E-state index in [1.54, 1.807) is 11.3 Å². The minimum atomic E-state index is 0.355. The second-order valence-electron chi connectivity index (χ2n) is 5.05. The SMILES string of the molecule is CC(C)c1nnc2sc(C3NCCC3C)nn12. The molecule has 0 spiro atoms. The molecular weight excluding hydrogens is 234 g/mol. The van der Waals surface area contributed by atoms with Crippen LogP contribution in [0.2, 0.25) is 0 Å². The van der Waals surface area contributed by atoms with E-state index in [9.17, 15) is 0 Å². The van der Waals surface area contributed by atoms with E-state index in [0.29, 0.717) is 17.9 Å². The largest absolute Gasteiger partial charge is 0.308 e. The molecule has 17 heavy (non-hydrogen) atoms. The Bertz CT molecular complexity index is 529. The van der Waals surface area contributed by atoms with Crippen LogP contribution in [0.5, 0.6) is 0 Å². The van der Waals surface area contributed by atoms with E-state index < -0.39 is 0 Å². The van der Waals surface area contributed by atoms with Crippen LogP contribution in [0.25, 0.3) is 4.96 Å². The third-order valence-electron chi connectivity index (χ3n) is 3.35. The molecule has 0 aliphatic carbocycles. The molecule has 1 saturated heterocycles. The average Bonchev–Trinajstić information content (AvgIpc) is 2.89. The van der Waals surface area contributed by atoms with Crippen molar-refractivity contribution in [1.29, 1.82) is 0 Å². The summed E-state index contributed by atoms with van der Waals surface area (Å²) in [6, 6.07) is 0.390. The molecule has 0 saturated carbocycles. The maximum atomic E-state index is 4.67. The van der Waals surface area contributed by atoms with Crippen LogP contribution in [0.3, 0.4) is 0 Å². The van der Waals surface area contributed by atoms with E-state index in [-0.39, 0.29) is 0 Å². The molecule has 2 aromatic rings. The summed E-state index contributed by atoms with van der Waals surface area (Å²) in [4.78, 5) is 0.907. The number of nitrogens with one attached hydrogen (secondary N) is 1. The molecule has 2 aromatic heterocycles. The lowest BCUT2D eigenvalue weighted by atomic mass is 10.0. The summed E-state index contributed by atoms with van der Waals surface area (Å²) in [5.41, 5.74) is 0. The lowest BCUT2D eigenvalue weighted by molar-refractivity contribution is 0.495. The summed E-state index contributed by atoms with van der Waals surface area (Å²) >= 11 is 1.65. The molecular formula is C11H17N5S. The van der Waals surface area contributed by atoms with E-state index in [2.05, 4.69) is 41.4 Å². The van der Waals surface area contributed by atoms with Crippen molar-refractivity contribution in [1.82, 2.24) is 25.1 Å². The van der Waals surface area contributed by atoms with Crippen molar-refractivity contribution >= 4 is 16.3 Å². The zero-order valence-electron chi connectivity index (χ0n) is 10.3. The Balaban J connectivity index is 2.02. The van der Waals surface area contributed by atoms with Crippen molar-refractivity contribution in [2.24, 2.45) is 5.92 Å². The molecule has 1 fully saturated rings. The molecule has 5 nitrogen and oxygen atoms in total. The molecule has 1 aliphatic rings. The van der Waals surface area contributed by atoms with Gasteiger partial charge in [-0.15, -0.1) is 10.2 Å². The first kappa shape index (κ1) is 11.1.